The van der Waals surface area contributed by atoms with E-state index in [0.717, 1.165) is 11.1 Å². The number of phenols is 1. The molecule has 0 bridgehead atoms. The van der Waals surface area contributed by atoms with Crippen molar-refractivity contribution in [3.63, 3.8) is 0 Å². The second kappa shape index (κ2) is 5.13. The smallest absolute Gasteiger partial charge is 0.128 e. The Bertz CT molecular complexity index is 437. The van der Waals surface area contributed by atoms with Crippen LogP contribution in [0.25, 0.3) is 0 Å². The summed E-state index contributed by atoms with van der Waals surface area (Å²) >= 11 is 0. The van der Waals surface area contributed by atoms with Gasteiger partial charge in [0.2, 0.25) is 0 Å². The Morgan fingerprint density at radius 1 is 1.22 bits per heavy atom. The van der Waals surface area contributed by atoms with Crippen LogP contribution in [-0.4, -0.2) is 17.4 Å². The lowest BCUT2D eigenvalue weighted by Gasteiger charge is -2.21. The number of aliphatic imine (C=N–C) groups is 1. The Labute approximate surface area is 110 Å². The summed E-state index contributed by atoms with van der Waals surface area (Å²) in [5, 5.41) is 10.3. The maximum Gasteiger partial charge on any atom is 0.128 e. The Hall–Kier alpha value is -1.31. The number of hydrogen-bond donors (Lipinski definition) is 1. The van der Waals surface area contributed by atoms with Crippen molar-refractivity contribution in [1.29, 1.82) is 0 Å². The van der Waals surface area contributed by atoms with Gasteiger partial charge in [-0.3, -0.25) is 4.99 Å². The lowest BCUT2D eigenvalue weighted by molar-refractivity contribution is 0.446. The molecule has 2 rings (SSSR count). The van der Waals surface area contributed by atoms with Crippen LogP contribution in [0.2, 0.25) is 0 Å². The molecule has 0 atom stereocenters. The summed E-state index contributed by atoms with van der Waals surface area (Å²) in [4.78, 5) is 4.59. The molecule has 0 amide bonds. The van der Waals surface area contributed by atoms with Gasteiger partial charge < -0.3 is 5.11 Å². The number of aromatic hydroxyl groups is 1. The van der Waals surface area contributed by atoms with E-state index in [9.17, 15) is 5.11 Å². The highest BCUT2D eigenvalue weighted by molar-refractivity contribution is 5.84. The molecule has 0 aliphatic heterocycles. The SMILES string of the molecule is CC(C)(C)c1cccc(C=NC2CCCC2)c1O. The van der Waals surface area contributed by atoms with E-state index in [1.54, 1.807) is 0 Å². The van der Waals surface area contributed by atoms with Crippen molar-refractivity contribution in [2.75, 3.05) is 0 Å². The topological polar surface area (TPSA) is 32.6 Å². The summed E-state index contributed by atoms with van der Waals surface area (Å²) in [7, 11) is 0. The molecule has 1 aromatic rings. The molecule has 0 unspecified atom stereocenters. The van der Waals surface area contributed by atoms with Crippen LogP contribution < -0.4 is 0 Å². The molecular formula is C16H23NO. The van der Waals surface area contributed by atoms with Crippen molar-refractivity contribution in [1.82, 2.24) is 0 Å². The molecule has 1 saturated carbocycles. The van der Waals surface area contributed by atoms with Gasteiger partial charge in [0.1, 0.15) is 5.75 Å². The largest absolute Gasteiger partial charge is 0.507 e. The lowest BCUT2D eigenvalue weighted by atomic mass is 9.85. The van der Waals surface area contributed by atoms with E-state index in [2.05, 4.69) is 25.8 Å². The fourth-order valence-corrected chi connectivity index (χ4v) is 2.51. The molecule has 2 heteroatoms. The van der Waals surface area contributed by atoms with Crippen LogP contribution in [0.4, 0.5) is 0 Å². The highest BCUT2D eigenvalue weighted by Crippen LogP contribution is 2.32. The summed E-state index contributed by atoms with van der Waals surface area (Å²) in [6.45, 7) is 6.33. The first-order valence-electron chi connectivity index (χ1n) is 6.84. The minimum absolute atomic E-state index is 0.0404. The average Bonchev–Trinajstić information content (AvgIpc) is 2.79. The normalized spacial score (nSPS) is 17.7. The third-order valence-electron chi connectivity index (χ3n) is 3.62. The number of hydrogen-bond acceptors (Lipinski definition) is 2. The fourth-order valence-electron chi connectivity index (χ4n) is 2.51. The Balaban J connectivity index is 2.23. The second-order valence-corrected chi connectivity index (χ2v) is 6.21. The summed E-state index contributed by atoms with van der Waals surface area (Å²) in [6, 6.07) is 6.38. The van der Waals surface area contributed by atoms with Crippen molar-refractivity contribution >= 4 is 6.21 Å². The van der Waals surface area contributed by atoms with Crippen molar-refractivity contribution < 1.29 is 5.11 Å². The molecule has 2 nitrogen and oxygen atoms in total. The molecule has 0 heterocycles. The Morgan fingerprint density at radius 3 is 2.50 bits per heavy atom. The highest BCUT2D eigenvalue weighted by Gasteiger charge is 2.19. The number of rotatable bonds is 2. The highest BCUT2D eigenvalue weighted by atomic mass is 16.3. The first-order chi connectivity index (χ1) is 8.48. The number of phenolic OH excluding ortho intramolecular Hbond substituents is 1. The van der Waals surface area contributed by atoms with Gasteiger partial charge in [-0.25, -0.2) is 0 Å². The van der Waals surface area contributed by atoms with Gasteiger partial charge in [-0.1, -0.05) is 45.7 Å². The van der Waals surface area contributed by atoms with Gasteiger partial charge in [0, 0.05) is 17.8 Å². The molecule has 0 spiro atoms. The number of nitrogens with zero attached hydrogens (tertiary/aromatic N) is 1. The first-order valence-corrected chi connectivity index (χ1v) is 6.84. The molecule has 1 N–H and O–H groups in total. The minimum Gasteiger partial charge on any atom is -0.507 e. The van der Waals surface area contributed by atoms with Crippen LogP contribution >= 0.6 is 0 Å². The molecule has 1 fully saturated rings. The van der Waals surface area contributed by atoms with Crippen molar-refractivity contribution in [2.45, 2.75) is 57.9 Å². The van der Waals surface area contributed by atoms with Gasteiger partial charge in [-0.15, -0.1) is 0 Å². The van der Waals surface area contributed by atoms with Gasteiger partial charge >= 0.3 is 0 Å². The van der Waals surface area contributed by atoms with Crippen LogP contribution in [0.3, 0.4) is 0 Å². The first kappa shape index (κ1) is 13.1. The van der Waals surface area contributed by atoms with E-state index in [1.807, 2.05) is 24.4 Å². The Kier molecular flexibility index (Phi) is 3.74. The van der Waals surface area contributed by atoms with E-state index >= 15 is 0 Å². The Morgan fingerprint density at radius 2 is 1.89 bits per heavy atom. The zero-order valence-corrected chi connectivity index (χ0v) is 11.6. The molecule has 1 aliphatic rings. The van der Waals surface area contributed by atoms with E-state index < -0.39 is 0 Å². The molecule has 1 aliphatic carbocycles. The summed E-state index contributed by atoms with van der Waals surface area (Å²) < 4.78 is 0. The van der Waals surface area contributed by atoms with E-state index in [1.165, 1.54) is 25.7 Å². The van der Waals surface area contributed by atoms with E-state index in [4.69, 9.17) is 0 Å². The fraction of sp³-hybridized carbons (Fsp3) is 0.562. The average molecular weight is 245 g/mol. The van der Waals surface area contributed by atoms with Crippen LogP contribution in [0, 0.1) is 0 Å². The summed E-state index contributed by atoms with van der Waals surface area (Å²) in [5.41, 5.74) is 1.79. The minimum atomic E-state index is -0.0404. The van der Waals surface area contributed by atoms with Crippen LogP contribution in [0.5, 0.6) is 5.75 Å². The maximum atomic E-state index is 10.3. The molecular weight excluding hydrogens is 222 g/mol. The third-order valence-corrected chi connectivity index (χ3v) is 3.62. The molecule has 0 radical (unpaired) electrons. The zero-order chi connectivity index (χ0) is 13.2. The van der Waals surface area contributed by atoms with Crippen LogP contribution in [0.1, 0.15) is 57.6 Å². The molecule has 0 aromatic heterocycles. The van der Waals surface area contributed by atoms with Gasteiger partial charge in [0.05, 0.1) is 0 Å². The molecule has 1 aromatic carbocycles. The van der Waals surface area contributed by atoms with Crippen molar-refractivity contribution in [2.24, 2.45) is 4.99 Å². The number of para-hydroxylation sites is 1. The summed E-state index contributed by atoms with van der Waals surface area (Å²) in [6.07, 6.45) is 6.80. The predicted molar refractivity (Wildman–Crippen MR) is 76.7 cm³/mol. The second-order valence-electron chi connectivity index (χ2n) is 6.21. The van der Waals surface area contributed by atoms with Crippen LogP contribution in [-0.2, 0) is 5.41 Å². The van der Waals surface area contributed by atoms with E-state index in [-0.39, 0.29) is 5.41 Å². The molecule has 0 saturated heterocycles. The van der Waals surface area contributed by atoms with Crippen LogP contribution in [0.15, 0.2) is 23.2 Å². The van der Waals surface area contributed by atoms with Gasteiger partial charge in [-0.2, -0.15) is 0 Å². The molecule has 98 valence electrons. The maximum absolute atomic E-state index is 10.3. The third kappa shape index (κ3) is 2.92. The van der Waals surface area contributed by atoms with Gasteiger partial charge in [-0.05, 0) is 29.9 Å². The van der Waals surface area contributed by atoms with Crippen molar-refractivity contribution in [3.8, 4) is 5.75 Å². The lowest BCUT2D eigenvalue weighted by Crippen LogP contribution is -2.12. The number of benzene rings is 1. The van der Waals surface area contributed by atoms with Crippen molar-refractivity contribution in [3.05, 3.63) is 29.3 Å². The summed E-state index contributed by atoms with van der Waals surface area (Å²) in [5.74, 6) is 0.381. The quantitative estimate of drug-likeness (QED) is 0.783. The van der Waals surface area contributed by atoms with Gasteiger partial charge in [0.25, 0.3) is 0 Å². The zero-order valence-electron chi connectivity index (χ0n) is 11.6. The van der Waals surface area contributed by atoms with E-state index in [0.29, 0.717) is 11.8 Å². The van der Waals surface area contributed by atoms with Gasteiger partial charge in [0.15, 0.2) is 0 Å². The predicted octanol–water partition coefficient (Wildman–Crippen LogP) is 4.05. The molecule has 18 heavy (non-hydrogen) atoms. The monoisotopic (exact) mass is 245 g/mol. The standard InChI is InChI=1S/C16H23NO/c1-16(2,3)14-10-6-7-12(15(14)18)11-17-13-8-4-5-9-13/h6-7,10-11,13,18H,4-5,8-9H2,1-3H3.